The van der Waals surface area contributed by atoms with E-state index >= 15 is 0 Å². The lowest BCUT2D eigenvalue weighted by Crippen LogP contribution is -2.25. The summed E-state index contributed by atoms with van der Waals surface area (Å²) in [6.07, 6.45) is 2.06. The maximum Gasteiger partial charge on any atom is 0.238 e. The van der Waals surface area contributed by atoms with Gasteiger partial charge >= 0.3 is 0 Å². The molecule has 0 saturated heterocycles. The molecule has 0 saturated carbocycles. The highest BCUT2D eigenvalue weighted by atomic mass is 16.5. The van der Waals surface area contributed by atoms with Gasteiger partial charge in [-0.3, -0.25) is 4.79 Å². The van der Waals surface area contributed by atoms with Crippen molar-refractivity contribution in [1.29, 1.82) is 0 Å². The number of likely N-dealkylation sites (N-methyl/N-ethyl adjacent to an activating group) is 1. The van der Waals surface area contributed by atoms with Crippen molar-refractivity contribution in [1.82, 2.24) is 5.32 Å². The summed E-state index contributed by atoms with van der Waals surface area (Å²) in [6.45, 7) is 1.12. The standard InChI is InChI=1S/C12H16N2O2/c1-13-8-12(15)14-10-4-5-11-9(7-10)3-2-6-16-11/h4-5,7,13H,2-3,6,8H2,1H3,(H,14,15). The van der Waals surface area contributed by atoms with Crippen molar-refractivity contribution >= 4 is 11.6 Å². The van der Waals surface area contributed by atoms with Gasteiger partial charge in [0.1, 0.15) is 5.75 Å². The lowest BCUT2D eigenvalue weighted by atomic mass is 10.1. The largest absolute Gasteiger partial charge is 0.493 e. The topological polar surface area (TPSA) is 50.4 Å². The fourth-order valence-corrected chi connectivity index (χ4v) is 1.80. The average molecular weight is 220 g/mol. The molecule has 0 fully saturated rings. The van der Waals surface area contributed by atoms with E-state index in [0.717, 1.165) is 30.9 Å². The van der Waals surface area contributed by atoms with E-state index in [0.29, 0.717) is 6.54 Å². The molecule has 2 rings (SSSR count). The minimum absolute atomic E-state index is 0.0285. The van der Waals surface area contributed by atoms with Gasteiger partial charge < -0.3 is 15.4 Å². The van der Waals surface area contributed by atoms with Gasteiger partial charge in [0.15, 0.2) is 0 Å². The van der Waals surface area contributed by atoms with Crippen LogP contribution in [0.25, 0.3) is 0 Å². The Hall–Kier alpha value is -1.55. The Kier molecular flexibility index (Phi) is 3.41. The van der Waals surface area contributed by atoms with Crippen molar-refractivity contribution < 1.29 is 9.53 Å². The molecule has 0 unspecified atom stereocenters. The number of rotatable bonds is 3. The third kappa shape index (κ3) is 2.52. The van der Waals surface area contributed by atoms with Gasteiger partial charge in [0.2, 0.25) is 5.91 Å². The van der Waals surface area contributed by atoms with E-state index in [1.54, 1.807) is 7.05 Å². The van der Waals surface area contributed by atoms with E-state index in [9.17, 15) is 4.79 Å². The predicted molar refractivity (Wildman–Crippen MR) is 62.8 cm³/mol. The first kappa shape index (κ1) is 11.0. The molecule has 1 heterocycles. The molecule has 1 aliphatic heterocycles. The van der Waals surface area contributed by atoms with Crippen molar-refractivity contribution in [2.24, 2.45) is 0 Å². The molecule has 0 atom stereocenters. The highest BCUT2D eigenvalue weighted by Gasteiger charge is 2.11. The number of ether oxygens (including phenoxy) is 1. The van der Waals surface area contributed by atoms with E-state index < -0.39 is 0 Å². The third-order valence-corrected chi connectivity index (χ3v) is 2.53. The summed E-state index contributed by atoms with van der Waals surface area (Å²) in [7, 11) is 1.75. The van der Waals surface area contributed by atoms with Crippen LogP contribution in [0.4, 0.5) is 5.69 Å². The molecule has 86 valence electrons. The van der Waals surface area contributed by atoms with Crippen molar-refractivity contribution in [3.05, 3.63) is 23.8 Å². The summed E-state index contributed by atoms with van der Waals surface area (Å²) in [5.74, 6) is 0.914. The lowest BCUT2D eigenvalue weighted by molar-refractivity contribution is -0.115. The molecule has 0 aliphatic carbocycles. The Labute approximate surface area is 95.0 Å². The first-order chi connectivity index (χ1) is 7.79. The van der Waals surface area contributed by atoms with Gasteiger partial charge in [-0.15, -0.1) is 0 Å². The summed E-state index contributed by atoms with van der Waals surface area (Å²) in [4.78, 5) is 11.4. The maximum atomic E-state index is 11.4. The maximum absolute atomic E-state index is 11.4. The molecule has 0 spiro atoms. The number of benzene rings is 1. The van der Waals surface area contributed by atoms with Crippen molar-refractivity contribution in [2.45, 2.75) is 12.8 Å². The van der Waals surface area contributed by atoms with Gasteiger partial charge in [-0.1, -0.05) is 0 Å². The lowest BCUT2D eigenvalue weighted by Gasteiger charge is -2.18. The zero-order valence-corrected chi connectivity index (χ0v) is 9.38. The van der Waals surface area contributed by atoms with Crippen LogP contribution < -0.4 is 15.4 Å². The molecular weight excluding hydrogens is 204 g/mol. The minimum Gasteiger partial charge on any atom is -0.493 e. The van der Waals surface area contributed by atoms with E-state index in [1.165, 1.54) is 5.56 Å². The third-order valence-electron chi connectivity index (χ3n) is 2.53. The second-order valence-electron chi connectivity index (χ2n) is 3.85. The Balaban J connectivity index is 2.08. The van der Waals surface area contributed by atoms with Gasteiger partial charge in [0, 0.05) is 5.69 Å². The van der Waals surface area contributed by atoms with E-state index in [4.69, 9.17) is 4.74 Å². The van der Waals surface area contributed by atoms with Gasteiger partial charge in [0.25, 0.3) is 0 Å². The molecule has 0 aromatic heterocycles. The number of aryl methyl sites for hydroxylation is 1. The van der Waals surface area contributed by atoms with Crippen LogP contribution in [0.3, 0.4) is 0 Å². The Morgan fingerprint density at radius 2 is 2.38 bits per heavy atom. The molecular formula is C12H16N2O2. The zero-order chi connectivity index (χ0) is 11.4. The number of hydrogen-bond donors (Lipinski definition) is 2. The number of anilines is 1. The van der Waals surface area contributed by atoms with Crippen LogP contribution in [0, 0.1) is 0 Å². The highest BCUT2D eigenvalue weighted by molar-refractivity contribution is 5.92. The summed E-state index contributed by atoms with van der Waals surface area (Å²) in [5, 5.41) is 5.65. The van der Waals surface area contributed by atoms with Crippen molar-refractivity contribution in [2.75, 3.05) is 25.5 Å². The molecule has 0 radical (unpaired) electrons. The Morgan fingerprint density at radius 3 is 3.19 bits per heavy atom. The molecule has 4 heteroatoms. The van der Waals surface area contributed by atoms with Crippen LogP contribution in [-0.2, 0) is 11.2 Å². The van der Waals surface area contributed by atoms with Crippen molar-refractivity contribution in [3.63, 3.8) is 0 Å². The summed E-state index contributed by atoms with van der Waals surface area (Å²) in [5.41, 5.74) is 2.01. The zero-order valence-electron chi connectivity index (χ0n) is 9.38. The van der Waals surface area contributed by atoms with Crippen LogP contribution in [0.15, 0.2) is 18.2 Å². The fraction of sp³-hybridized carbons (Fsp3) is 0.417. The van der Waals surface area contributed by atoms with Crippen LogP contribution >= 0.6 is 0 Å². The van der Waals surface area contributed by atoms with Gasteiger partial charge in [0.05, 0.1) is 13.2 Å². The number of carbonyl (C=O) groups is 1. The first-order valence-electron chi connectivity index (χ1n) is 5.50. The normalized spacial score (nSPS) is 13.8. The molecule has 1 aliphatic rings. The Morgan fingerprint density at radius 1 is 1.50 bits per heavy atom. The molecule has 0 bridgehead atoms. The number of nitrogens with one attached hydrogen (secondary N) is 2. The molecule has 1 aromatic rings. The smallest absolute Gasteiger partial charge is 0.238 e. The summed E-state index contributed by atoms with van der Waals surface area (Å²) >= 11 is 0. The van der Waals surface area contributed by atoms with E-state index in [-0.39, 0.29) is 5.91 Å². The highest BCUT2D eigenvalue weighted by Crippen LogP contribution is 2.27. The molecule has 16 heavy (non-hydrogen) atoms. The van der Waals surface area contributed by atoms with Gasteiger partial charge in [-0.2, -0.15) is 0 Å². The second-order valence-corrected chi connectivity index (χ2v) is 3.85. The number of carbonyl (C=O) groups excluding carboxylic acids is 1. The number of fused-ring (bicyclic) bond motifs is 1. The second kappa shape index (κ2) is 4.99. The molecule has 2 N–H and O–H groups in total. The summed E-state index contributed by atoms with van der Waals surface area (Å²) in [6, 6.07) is 5.78. The fourth-order valence-electron chi connectivity index (χ4n) is 1.80. The Bertz CT molecular complexity index is 391. The summed E-state index contributed by atoms with van der Waals surface area (Å²) < 4.78 is 5.51. The van der Waals surface area contributed by atoms with Gasteiger partial charge in [-0.05, 0) is 43.7 Å². The minimum atomic E-state index is -0.0285. The molecule has 1 aromatic carbocycles. The van der Waals surface area contributed by atoms with Crippen molar-refractivity contribution in [3.8, 4) is 5.75 Å². The molecule has 1 amide bonds. The van der Waals surface area contributed by atoms with Gasteiger partial charge in [-0.25, -0.2) is 0 Å². The van der Waals surface area contributed by atoms with Crippen LogP contribution in [0.2, 0.25) is 0 Å². The predicted octanol–water partition coefficient (Wildman–Crippen LogP) is 1.17. The number of amides is 1. The SMILES string of the molecule is CNCC(=O)Nc1ccc2c(c1)CCCO2. The first-order valence-corrected chi connectivity index (χ1v) is 5.50. The molecule has 4 nitrogen and oxygen atoms in total. The number of hydrogen-bond acceptors (Lipinski definition) is 3. The van der Waals surface area contributed by atoms with Crippen LogP contribution in [0.5, 0.6) is 5.75 Å². The average Bonchev–Trinajstić information content (AvgIpc) is 2.29. The van der Waals surface area contributed by atoms with Crippen LogP contribution in [-0.4, -0.2) is 26.1 Å². The van der Waals surface area contributed by atoms with E-state index in [2.05, 4.69) is 10.6 Å². The quantitative estimate of drug-likeness (QED) is 0.804. The monoisotopic (exact) mass is 220 g/mol. The van der Waals surface area contributed by atoms with Crippen LogP contribution in [0.1, 0.15) is 12.0 Å². The van der Waals surface area contributed by atoms with E-state index in [1.807, 2.05) is 18.2 Å².